The molecule has 0 saturated carbocycles. The lowest BCUT2D eigenvalue weighted by atomic mass is 10.4. The molecular formula is C7H7N4-. The average Bonchev–Trinajstić information content (AvgIpc) is 2.46. The predicted molar refractivity (Wildman–Crippen MR) is 40.7 cm³/mol. The van der Waals surface area contributed by atoms with Gasteiger partial charge in [0.2, 0.25) is 0 Å². The second kappa shape index (κ2) is 2.32. The molecule has 0 fully saturated rings. The van der Waals surface area contributed by atoms with Gasteiger partial charge in [0.15, 0.2) is 0 Å². The van der Waals surface area contributed by atoms with E-state index in [0.717, 1.165) is 11.0 Å². The topological polar surface area (TPSA) is 65.9 Å². The Morgan fingerprint density at radius 2 is 2.45 bits per heavy atom. The van der Waals surface area contributed by atoms with Crippen LogP contribution in [0.3, 0.4) is 0 Å². The van der Waals surface area contributed by atoms with Crippen LogP contribution >= 0.6 is 0 Å². The van der Waals surface area contributed by atoms with Crippen molar-refractivity contribution in [3.63, 3.8) is 0 Å². The quantitative estimate of drug-likeness (QED) is 0.618. The number of pyridine rings is 1. The lowest BCUT2D eigenvalue weighted by Gasteiger charge is -1.93. The fourth-order valence-corrected chi connectivity index (χ4v) is 0.954. The van der Waals surface area contributed by atoms with Crippen LogP contribution in [0.15, 0.2) is 18.5 Å². The number of rotatable bonds is 1. The van der Waals surface area contributed by atoms with Crippen LogP contribution in [0.25, 0.3) is 11.0 Å². The summed E-state index contributed by atoms with van der Waals surface area (Å²) >= 11 is 0. The van der Waals surface area contributed by atoms with Crippen LogP contribution in [-0.4, -0.2) is 9.97 Å². The third-order valence-electron chi connectivity index (χ3n) is 1.46. The molecule has 0 aliphatic carbocycles. The molecule has 0 atom stereocenters. The first kappa shape index (κ1) is 6.30. The van der Waals surface area contributed by atoms with Gasteiger partial charge < -0.3 is 15.7 Å². The van der Waals surface area contributed by atoms with Gasteiger partial charge in [0.25, 0.3) is 0 Å². The first-order valence-electron chi connectivity index (χ1n) is 3.33. The highest BCUT2D eigenvalue weighted by Gasteiger charge is 1.87. The Bertz CT molecular complexity index is 332. The van der Waals surface area contributed by atoms with Crippen LogP contribution < -0.4 is 10.7 Å². The highest BCUT2D eigenvalue weighted by molar-refractivity contribution is 5.73. The molecule has 0 saturated heterocycles. The molecule has 2 aromatic heterocycles. The predicted octanol–water partition coefficient (Wildman–Crippen LogP) is 0.0457. The maximum Gasteiger partial charge on any atom is 0.0302 e. The van der Waals surface area contributed by atoms with Gasteiger partial charge in [-0.2, -0.15) is 0 Å². The van der Waals surface area contributed by atoms with E-state index in [-0.39, 0.29) is 0 Å². The first-order chi connectivity index (χ1) is 5.40. The highest BCUT2D eigenvalue weighted by Crippen LogP contribution is 2.06. The summed E-state index contributed by atoms with van der Waals surface area (Å²) in [5, 5.41) is 0. The number of aromatic nitrogens is 3. The Morgan fingerprint density at radius 3 is 3.18 bits per heavy atom. The van der Waals surface area contributed by atoms with E-state index in [2.05, 4.69) is 15.0 Å². The molecule has 2 N–H and O–H groups in total. The van der Waals surface area contributed by atoms with Gasteiger partial charge in [-0.25, -0.2) is 0 Å². The fourth-order valence-electron chi connectivity index (χ4n) is 0.954. The van der Waals surface area contributed by atoms with Gasteiger partial charge in [0, 0.05) is 18.9 Å². The number of hydrogen-bond acceptors (Lipinski definition) is 3. The normalized spacial score (nSPS) is 10.6. The van der Waals surface area contributed by atoms with Crippen molar-refractivity contribution in [1.29, 1.82) is 0 Å². The van der Waals surface area contributed by atoms with E-state index >= 15 is 0 Å². The maximum absolute atomic E-state index is 5.37. The number of fused-ring (bicyclic) bond motifs is 1. The minimum Gasteiger partial charge on any atom is -0.438 e. The molecule has 0 radical (unpaired) electrons. The van der Waals surface area contributed by atoms with E-state index in [1.807, 2.05) is 6.07 Å². The van der Waals surface area contributed by atoms with Crippen LogP contribution in [0, 0.1) is 0 Å². The van der Waals surface area contributed by atoms with Crippen LogP contribution in [0.4, 0.5) is 0 Å². The largest absolute Gasteiger partial charge is 0.438 e. The highest BCUT2D eigenvalue weighted by atomic mass is 14.9. The Morgan fingerprint density at radius 1 is 1.55 bits per heavy atom. The molecule has 0 aliphatic rings. The zero-order chi connectivity index (χ0) is 7.68. The molecule has 2 rings (SSSR count). The third kappa shape index (κ3) is 0.969. The molecule has 4 heteroatoms. The molecule has 2 heterocycles. The third-order valence-corrected chi connectivity index (χ3v) is 1.46. The minimum atomic E-state index is 0.384. The summed E-state index contributed by atoms with van der Waals surface area (Å²) < 4.78 is 0. The van der Waals surface area contributed by atoms with Crippen molar-refractivity contribution in [1.82, 2.24) is 15.0 Å². The van der Waals surface area contributed by atoms with E-state index in [0.29, 0.717) is 12.4 Å². The van der Waals surface area contributed by atoms with Gasteiger partial charge in [0.1, 0.15) is 0 Å². The van der Waals surface area contributed by atoms with E-state index in [1.165, 1.54) is 0 Å². The molecule has 0 amide bonds. The molecule has 4 nitrogen and oxygen atoms in total. The Labute approximate surface area is 63.5 Å². The maximum atomic E-state index is 5.37. The first-order valence-corrected chi connectivity index (χ1v) is 3.33. The smallest absolute Gasteiger partial charge is 0.0302 e. The Kier molecular flexibility index (Phi) is 1.33. The molecular weight excluding hydrogens is 140 g/mol. The zero-order valence-electron chi connectivity index (χ0n) is 5.86. The van der Waals surface area contributed by atoms with Gasteiger partial charge in [-0.15, -0.1) is 0 Å². The van der Waals surface area contributed by atoms with E-state index in [1.54, 1.807) is 12.4 Å². The van der Waals surface area contributed by atoms with Crippen molar-refractivity contribution in [2.45, 2.75) is 6.54 Å². The van der Waals surface area contributed by atoms with Crippen molar-refractivity contribution < 1.29 is 0 Å². The summed E-state index contributed by atoms with van der Waals surface area (Å²) in [4.78, 5) is 12.2. The Balaban J connectivity index is 2.69. The molecule has 0 aliphatic heterocycles. The summed E-state index contributed by atoms with van der Waals surface area (Å²) in [6, 6.07) is 1.82. The standard InChI is InChI=1S/C7H7N4/c8-3-7-10-5-1-2-9-4-6(5)11-7/h1-2,4H,3,8H2/q-1. The summed E-state index contributed by atoms with van der Waals surface area (Å²) in [5.41, 5.74) is 7.04. The van der Waals surface area contributed by atoms with Gasteiger partial charge in [-0.1, -0.05) is 5.82 Å². The number of nitrogens with two attached hydrogens (primary N) is 1. The molecule has 56 valence electrons. The van der Waals surface area contributed by atoms with E-state index < -0.39 is 0 Å². The summed E-state index contributed by atoms with van der Waals surface area (Å²) in [6.45, 7) is 0.384. The number of imidazole rings is 1. The van der Waals surface area contributed by atoms with Crippen molar-refractivity contribution in [3.05, 3.63) is 24.3 Å². The number of nitrogens with zero attached hydrogens (tertiary/aromatic N) is 3. The summed E-state index contributed by atoms with van der Waals surface area (Å²) in [5.74, 6) is 0.674. The second-order valence-electron chi connectivity index (χ2n) is 2.21. The van der Waals surface area contributed by atoms with Crippen molar-refractivity contribution in [3.8, 4) is 0 Å². The molecule has 0 aromatic carbocycles. The van der Waals surface area contributed by atoms with Crippen molar-refractivity contribution >= 4 is 11.0 Å². The molecule has 0 unspecified atom stereocenters. The van der Waals surface area contributed by atoms with Gasteiger partial charge in [0.05, 0.1) is 0 Å². The molecule has 0 bridgehead atoms. The van der Waals surface area contributed by atoms with Gasteiger partial charge in [-0.05, 0) is 17.1 Å². The zero-order valence-corrected chi connectivity index (χ0v) is 5.86. The average molecular weight is 147 g/mol. The van der Waals surface area contributed by atoms with Gasteiger partial charge in [-0.3, -0.25) is 4.98 Å². The molecule has 0 spiro atoms. The lowest BCUT2D eigenvalue weighted by Crippen LogP contribution is -1.98. The fraction of sp³-hybridized carbons (Fsp3) is 0.143. The summed E-state index contributed by atoms with van der Waals surface area (Å²) in [7, 11) is 0. The van der Waals surface area contributed by atoms with Crippen LogP contribution in [-0.2, 0) is 6.54 Å². The second-order valence-corrected chi connectivity index (χ2v) is 2.21. The summed E-state index contributed by atoms with van der Waals surface area (Å²) in [6.07, 6.45) is 3.37. The Hall–Kier alpha value is -1.42. The number of hydrogen-bond donors (Lipinski definition) is 1. The van der Waals surface area contributed by atoms with Crippen LogP contribution in [0.1, 0.15) is 5.82 Å². The lowest BCUT2D eigenvalue weighted by molar-refractivity contribution is 0.950. The molecule has 11 heavy (non-hydrogen) atoms. The SMILES string of the molecule is NCc1nc2cnccc2[n-]1. The monoisotopic (exact) mass is 147 g/mol. The van der Waals surface area contributed by atoms with E-state index in [9.17, 15) is 0 Å². The van der Waals surface area contributed by atoms with E-state index in [4.69, 9.17) is 5.73 Å². The van der Waals surface area contributed by atoms with Crippen LogP contribution in [0.5, 0.6) is 0 Å². The van der Waals surface area contributed by atoms with Crippen LogP contribution in [0.2, 0.25) is 0 Å². The van der Waals surface area contributed by atoms with Gasteiger partial charge >= 0.3 is 0 Å². The van der Waals surface area contributed by atoms with Crippen molar-refractivity contribution in [2.24, 2.45) is 5.73 Å². The molecule has 2 aromatic rings. The van der Waals surface area contributed by atoms with Crippen molar-refractivity contribution in [2.75, 3.05) is 0 Å². The minimum absolute atomic E-state index is 0.384.